The molecule has 0 N–H and O–H groups in total. The van der Waals surface area contributed by atoms with Crippen LogP contribution in [0, 0.1) is 0 Å². The highest BCUT2D eigenvalue weighted by molar-refractivity contribution is 5.61. The molecule has 24 heavy (non-hydrogen) atoms. The predicted octanol–water partition coefficient (Wildman–Crippen LogP) is 4.60. The van der Waals surface area contributed by atoms with Gasteiger partial charge in [0, 0.05) is 5.56 Å². The molecule has 126 valence electrons. The van der Waals surface area contributed by atoms with Crippen LogP contribution >= 0.6 is 0 Å². The number of fused-ring (bicyclic) bond motifs is 1. The molecule has 1 atom stereocenters. The maximum Gasteiger partial charge on any atom is 0.508 e. The van der Waals surface area contributed by atoms with Crippen LogP contribution in [0.3, 0.4) is 0 Å². The molecule has 0 radical (unpaired) electrons. The van der Waals surface area contributed by atoms with Crippen LogP contribution in [0.2, 0.25) is 0 Å². The van der Waals surface area contributed by atoms with Crippen LogP contribution in [-0.2, 0) is 28.1 Å². The van der Waals surface area contributed by atoms with Crippen molar-refractivity contribution in [3.05, 3.63) is 65.2 Å². The van der Waals surface area contributed by atoms with Gasteiger partial charge in [-0.2, -0.15) is 0 Å². The summed E-state index contributed by atoms with van der Waals surface area (Å²) in [5.41, 5.74) is 2.64. The summed E-state index contributed by atoms with van der Waals surface area (Å²) < 4.78 is 16.1. The van der Waals surface area contributed by atoms with E-state index in [-0.39, 0.29) is 0 Å². The first-order valence-corrected chi connectivity index (χ1v) is 8.18. The van der Waals surface area contributed by atoms with Gasteiger partial charge < -0.3 is 14.2 Å². The van der Waals surface area contributed by atoms with Crippen LogP contribution in [-0.4, -0.2) is 13.3 Å². The van der Waals surface area contributed by atoms with Crippen molar-refractivity contribution in [2.24, 2.45) is 0 Å². The second-order valence-electron chi connectivity index (χ2n) is 6.23. The largest absolute Gasteiger partial charge is 0.508 e. The van der Waals surface area contributed by atoms with E-state index in [9.17, 15) is 4.79 Å². The van der Waals surface area contributed by atoms with E-state index in [0.717, 1.165) is 36.1 Å². The molecule has 3 rings (SSSR count). The van der Waals surface area contributed by atoms with Crippen molar-refractivity contribution in [3.63, 3.8) is 0 Å². The number of hydrogen-bond donors (Lipinski definition) is 0. The molecule has 1 aliphatic rings. The fourth-order valence-electron chi connectivity index (χ4n) is 3.18. The van der Waals surface area contributed by atoms with Crippen molar-refractivity contribution < 1.29 is 19.0 Å². The minimum atomic E-state index is -0.674. The molecule has 0 bridgehead atoms. The topological polar surface area (TPSA) is 44.8 Å². The van der Waals surface area contributed by atoms with E-state index in [1.807, 2.05) is 49.4 Å². The summed E-state index contributed by atoms with van der Waals surface area (Å²) >= 11 is 0. The lowest BCUT2D eigenvalue weighted by atomic mass is 9.80. The van der Waals surface area contributed by atoms with Crippen molar-refractivity contribution in [2.45, 2.75) is 38.4 Å². The zero-order chi connectivity index (χ0) is 17.0. The third kappa shape index (κ3) is 3.53. The minimum Gasteiger partial charge on any atom is -0.489 e. The number of hydrogen-bond acceptors (Lipinski definition) is 4. The van der Waals surface area contributed by atoms with Crippen molar-refractivity contribution >= 4 is 6.16 Å². The first-order chi connectivity index (χ1) is 11.6. The highest BCUT2D eigenvalue weighted by Crippen LogP contribution is 2.40. The molecule has 0 saturated carbocycles. The molecule has 1 aliphatic carbocycles. The normalized spacial score (nSPS) is 19.2. The summed E-state index contributed by atoms with van der Waals surface area (Å²) in [7, 11) is 1.33. The van der Waals surface area contributed by atoms with Crippen LogP contribution in [0.5, 0.6) is 5.75 Å². The lowest BCUT2D eigenvalue weighted by molar-refractivity contribution is -0.0301. The molecular weight excluding hydrogens is 304 g/mol. The molecule has 2 aromatic rings. The van der Waals surface area contributed by atoms with Gasteiger partial charge in [0.1, 0.15) is 18.0 Å². The Labute approximate surface area is 142 Å². The Balaban J connectivity index is 1.81. The second-order valence-corrected chi connectivity index (χ2v) is 6.23. The van der Waals surface area contributed by atoms with Gasteiger partial charge in [-0.3, -0.25) is 0 Å². The molecule has 0 fully saturated rings. The van der Waals surface area contributed by atoms with E-state index in [0.29, 0.717) is 6.61 Å². The number of carbonyl (C=O) groups excluding carboxylic acids is 1. The maximum absolute atomic E-state index is 11.6. The van der Waals surface area contributed by atoms with E-state index < -0.39 is 11.8 Å². The van der Waals surface area contributed by atoms with Gasteiger partial charge in [0.15, 0.2) is 0 Å². The Bertz CT molecular complexity index is 711. The Hall–Kier alpha value is -2.49. The van der Waals surface area contributed by atoms with E-state index in [1.54, 1.807) is 0 Å². The third-order valence-corrected chi connectivity index (χ3v) is 4.47. The van der Waals surface area contributed by atoms with Crippen LogP contribution in [0.25, 0.3) is 0 Å². The lowest BCUT2D eigenvalue weighted by Crippen LogP contribution is -2.33. The Morgan fingerprint density at radius 2 is 1.96 bits per heavy atom. The van der Waals surface area contributed by atoms with Crippen molar-refractivity contribution in [2.75, 3.05) is 7.11 Å². The van der Waals surface area contributed by atoms with E-state index in [1.165, 1.54) is 12.7 Å². The molecule has 0 spiro atoms. The summed E-state index contributed by atoms with van der Waals surface area (Å²) in [6.07, 6.45) is 2.08. The molecule has 0 heterocycles. The fraction of sp³-hybridized carbons (Fsp3) is 0.350. The van der Waals surface area contributed by atoms with Crippen molar-refractivity contribution in [3.8, 4) is 5.75 Å². The standard InChI is InChI=1S/C20H22O4/c1-20(24-19(21)22-2)12-6-9-16-10-11-17(13-18(16)20)23-14-15-7-4-3-5-8-15/h3-5,7-8,10-11,13H,6,9,12,14H2,1-2H3. The number of benzene rings is 2. The fourth-order valence-corrected chi connectivity index (χ4v) is 3.18. The van der Waals surface area contributed by atoms with Crippen LogP contribution < -0.4 is 4.74 Å². The first kappa shape index (κ1) is 16.4. The summed E-state index contributed by atoms with van der Waals surface area (Å²) in [6, 6.07) is 16.1. The highest BCUT2D eigenvalue weighted by atomic mass is 16.7. The monoisotopic (exact) mass is 326 g/mol. The number of rotatable bonds is 4. The van der Waals surface area contributed by atoms with Gasteiger partial charge in [0.25, 0.3) is 0 Å². The van der Waals surface area contributed by atoms with Gasteiger partial charge in [-0.05, 0) is 49.4 Å². The SMILES string of the molecule is COC(=O)OC1(C)CCCc2ccc(OCc3ccccc3)cc21. The summed E-state index contributed by atoms with van der Waals surface area (Å²) in [5.74, 6) is 0.777. The average molecular weight is 326 g/mol. The van der Waals surface area contributed by atoms with Crippen LogP contribution in [0.4, 0.5) is 4.79 Å². The third-order valence-electron chi connectivity index (χ3n) is 4.47. The van der Waals surface area contributed by atoms with Gasteiger partial charge in [-0.25, -0.2) is 4.79 Å². The van der Waals surface area contributed by atoms with Crippen LogP contribution in [0.15, 0.2) is 48.5 Å². The average Bonchev–Trinajstić information content (AvgIpc) is 2.61. The lowest BCUT2D eigenvalue weighted by Gasteiger charge is -2.35. The Morgan fingerprint density at radius 1 is 1.17 bits per heavy atom. The van der Waals surface area contributed by atoms with E-state index >= 15 is 0 Å². The molecule has 4 heteroatoms. The molecule has 0 amide bonds. The highest BCUT2D eigenvalue weighted by Gasteiger charge is 2.36. The van der Waals surface area contributed by atoms with Gasteiger partial charge in [-0.15, -0.1) is 0 Å². The summed E-state index contributed by atoms with van der Waals surface area (Å²) in [4.78, 5) is 11.6. The van der Waals surface area contributed by atoms with Crippen LogP contribution in [0.1, 0.15) is 36.5 Å². The minimum absolute atomic E-state index is 0.508. The molecule has 1 unspecified atom stereocenters. The predicted molar refractivity (Wildman–Crippen MR) is 91.0 cm³/mol. The Morgan fingerprint density at radius 3 is 2.71 bits per heavy atom. The van der Waals surface area contributed by atoms with Gasteiger partial charge in [0.05, 0.1) is 7.11 Å². The number of ether oxygens (including phenoxy) is 3. The molecule has 2 aromatic carbocycles. The molecule has 4 nitrogen and oxygen atoms in total. The molecule has 0 saturated heterocycles. The van der Waals surface area contributed by atoms with Crippen molar-refractivity contribution in [1.82, 2.24) is 0 Å². The number of carbonyl (C=O) groups is 1. The smallest absolute Gasteiger partial charge is 0.489 e. The van der Waals surface area contributed by atoms with Gasteiger partial charge in [0.2, 0.25) is 0 Å². The Kier molecular flexibility index (Phi) is 4.74. The second kappa shape index (κ2) is 6.95. The van der Waals surface area contributed by atoms with E-state index in [2.05, 4.69) is 10.8 Å². The summed E-state index contributed by atoms with van der Waals surface area (Å²) in [5, 5.41) is 0. The maximum atomic E-state index is 11.6. The zero-order valence-corrected chi connectivity index (χ0v) is 14.1. The quantitative estimate of drug-likeness (QED) is 0.770. The summed E-state index contributed by atoms with van der Waals surface area (Å²) in [6.45, 7) is 2.44. The first-order valence-electron chi connectivity index (χ1n) is 8.18. The number of aryl methyl sites for hydroxylation is 1. The number of methoxy groups -OCH3 is 1. The molecule has 0 aliphatic heterocycles. The van der Waals surface area contributed by atoms with E-state index in [4.69, 9.17) is 9.47 Å². The zero-order valence-electron chi connectivity index (χ0n) is 14.1. The molecular formula is C20H22O4. The molecule has 0 aromatic heterocycles. The van der Waals surface area contributed by atoms with Gasteiger partial charge in [-0.1, -0.05) is 36.4 Å². The van der Waals surface area contributed by atoms with Crippen molar-refractivity contribution in [1.29, 1.82) is 0 Å². The van der Waals surface area contributed by atoms with Gasteiger partial charge >= 0.3 is 6.16 Å².